The zero-order valence-corrected chi connectivity index (χ0v) is 14.2. The van der Waals surface area contributed by atoms with Crippen molar-refractivity contribution in [3.8, 4) is 34.5 Å². The molecule has 6 heteroatoms. The van der Waals surface area contributed by atoms with Gasteiger partial charge in [0.05, 0.1) is 18.6 Å². The van der Waals surface area contributed by atoms with Crippen molar-refractivity contribution in [3.63, 3.8) is 0 Å². The minimum atomic E-state index is 0.559. The highest BCUT2D eigenvalue weighted by molar-refractivity contribution is 5.46. The third-order valence-electron chi connectivity index (χ3n) is 3.46. The molecule has 0 N–H and O–H groups in total. The van der Waals surface area contributed by atoms with Crippen LogP contribution < -0.4 is 14.2 Å². The Balaban J connectivity index is 1.64. The van der Waals surface area contributed by atoms with E-state index in [1.807, 2.05) is 18.2 Å². The van der Waals surface area contributed by atoms with Gasteiger partial charge in [-0.1, -0.05) is 0 Å². The van der Waals surface area contributed by atoms with Crippen molar-refractivity contribution < 1.29 is 14.2 Å². The van der Waals surface area contributed by atoms with Gasteiger partial charge in [0.1, 0.15) is 34.5 Å². The summed E-state index contributed by atoms with van der Waals surface area (Å²) in [5.41, 5.74) is 0. The average Bonchev–Trinajstić information content (AvgIpc) is 2.70. The zero-order chi connectivity index (χ0) is 18.3. The number of rotatable bonds is 6. The highest BCUT2D eigenvalue weighted by atomic mass is 16.5. The van der Waals surface area contributed by atoms with Gasteiger partial charge in [0.15, 0.2) is 0 Å². The van der Waals surface area contributed by atoms with Gasteiger partial charge in [-0.25, -0.2) is 0 Å². The van der Waals surface area contributed by atoms with E-state index >= 15 is 0 Å². The fourth-order valence-corrected chi connectivity index (χ4v) is 2.35. The van der Waals surface area contributed by atoms with Crippen molar-refractivity contribution in [3.05, 3.63) is 91.8 Å². The van der Waals surface area contributed by atoms with E-state index in [2.05, 4.69) is 15.0 Å². The molecule has 0 fully saturated rings. The smallest absolute Gasteiger partial charge is 0.145 e. The van der Waals surface area contributed by atoms with Crippen LogP contribution in [-0.4, -0.2) is 15.0 Å². The van der Waals surface area contributed by atoms with E-state index in [0.29, 0.717) is 34.5 Å². The Kier molecular flexibility index (Phi) is 4.88. The highest BCUT2D eigenvalue weighted by Crippen LogP contribution is 2.34. The normalized spacial score (nSPS) is 10.2. The second kappa shape index (κ2) is 7.97. The summed E-state index contributed by atoms with van der Waals surface area (Å²) in [5, 5.41) is 0. The topological polar surface area (TPSA) is 66.4 Å². The number of hydrogen-bond acceptors (Lipinski definition) is 6. The summed E-state index contributed by atoms with van der Waals surface area (Å²) in [6, 6.07) is 16.2. The van der Waals surface area contributed by atoms with E-state index in [-0.39, 0.29) is 0 Å². The maximum atomic E-state index is 5.88. The molecule has 3 heterocycles. The van der Waals surface area contributed by atoms with Crippen molar-refractivity contribution in [2.45, 2.75) is 0 Å². The highest BCUT2D eigenvalue weighted by Gasteiger charge is 2.08. The number of aromatic nitrogens is 3. The predicted octanol–water partition coefficient (Wildman–Crippen LogP) is 5.25. The van der Waals surface area contributed by atoms with Crippen molar-refractivity contribution in [2.24, 2.45) is 0 Å². The molecule has 0 bridgehead atoms. The number of benzene rings is 1. The van der Waals surface area contributed by atoms with Crippen molar-refractivity contribution in [1.82, 2.24) is 15.0 Å². The Morgan fingerprint density at radius 1 is 0.444 bits per heavy atom. The van der Waals surface area contributed by atoms with E-state index in [0.717, 1.165) is 0 Å². The summed E-state index contributed by atoms with van der Waals surface area (Å²) in [7, 11) is 0. The number of nitrogens with zero attached hydrogens (tertiary/aromatic N) is 3. The molecule has 0 spiro atoms. The van der Waals surface area contributed by atoms with Gasteiger partial charge in [-0.3, -0.25) is 15.0 Å². The summed E-state index contributed by atoms with van der Waals surface area (Å²) in [5.74, 6) is 3.52. The second-order valence-electron chi connectivity index (χ2n) is 5.51. The predicted molar refractivity (Wildman–Crippen MR) is 99.4 cm³/mol. The Hall–Kier alpha value is -3.93. The molecule has 27 heavy (non-hydrogen) atoms. The molecule has 0 radical (unpaired) electrons. The van der Waals surface area contributed by atoms with Gasteiger partial charge in [-0.15, -0.1) is 0 Å². The molecular formula is C21H15N3O3. The molecule has 4 aromatic rings. The first-order valence-corrected chi connectivity index (χ1v) is 8.24. The third kappa shape index (κ3) is 4.58. The molecule has 0 aliphatic carbocycles. The number of pyridine rings is 3. The van der Waals surface area contributed by atoms with Crippen molar-refractivity contribution >= 4 is 0 Å². The quantitative estimate of drug-likeness (QED) is 0.470. The fourth-order valence-electron chi connectivity index (χ4n) is 2.35. The van der Waals surface area contributed by atoms with Gasteiger partial charge < -0.3 is 14.2 Å². The monoisotopic (exact) mass is 357 g/mol. The molecule has 0 amide bonds. The van der Waals surface area contributed by atoms with Crippen molar-refractivity contribution in [2.75, 3.05) is 0 Å². The van der Waals surface area contributed by atoms with E-state index in [1.54, 1.807) is 73.6 Å². The molecule has 0 unspecified atom stereocenters. The molecular weight excluding hydrogens is 342 g/mol. The van der Waals surface area contributed by atoms with Gasteiger partial charge in [-0.2, -0.15) is 0 Å². The first kappa shape index (κ1) is 16.5. The average molecular weight is 357 g/mol. The van der Waals surface area contributed by atoms with Crippen LogP contribution in [-0.2, 0) is 0 Å². The SMILES string of the molecule is c1cncc(Oc2cc(Oc3cccnc3)cc(Oc3cccnc3)c2)c1. The summed E-state index contributed by atoms with van der Waals surface area (Å²) in [4.78, 5) is 12.2. The fraction of sp³-hybridized carbons (Fsp3) is 0. The molecule has 132 valence electrons. The molecule has 6 nitrogen and oxygen atoms in total. The molecule has 0 saturated carbocycles. The minimum Gasteiger partial charge on any atom is -0.455 e. The first-order valence-electron chi connectivity index (χ1n) is 8.24. The summed E-state index contributed by atoms with van der Waals surface area (Å²) in [6.45, 7) is 0. The summed E-state index contributed by atoms with van der Waals surface area (Å²) >= 11 is 0. The number of hydrogen-bond donors (Lipinski definition) is 0. The minimum absolute atomic E-state index is 0.559. The molecule has 1 aromatic carbocycles. The van der Waals surface area contributed by atoms with E-state index in [4.69, 9.17) is 14.2 Å². The van der Waals surface area contributed by atoms with Crippen LogP contribution in [0.5, 0.6) is 34.5 Å². The molecule has 3 aromatic heterocycles. The van der Waals surface area contributed by atoms with Crippen LogP contribution in [0.15, 0.2) is 91.8 Å². The van der Waals surface area contributed by atoms with Gasteiger partial charge in [-0.05, 0) is 36.4 Å². The van der Waals surface area contributed by atoms with Crippen LogP contribution >= 0.6 is 0 Å². The summed E-state index contributed by atoms with van der Waals surface area (Å²) in [6.07, 6.45) is 9.96. The van der Waals surface area contributed by atoms with Crippen LogP contribution in [0.25, 0.3) is 0 Å². The van der Waals surface area contributed by atoms with Crippen LogP contribution in [0.1, 0.15) is 0 Å². The molecule has 0 saturated heterocycles. The first-order chi connectivity index (χ1) is 13.3. The largest absolute Gasteiger partial charge is 0.455 e. The Labute approximate surface area is 156 Å². The van der Waals surface area contributed by atoms with Gasteiger partial charge in [0.25, 0.3) is 0 Å². The molecule has 0 aliphatic rings. The van der Waals surface area contributed by atoms with E-state index in [1.165, 1.54) is 0 Å². The lowest BCUT2D eigenvalue weighted by Crippen LogP contribution is -1.91. The lowest BCUT2D eigenvalue weighted by Gasteiger charge is -2.12. The van der Waals surface area contributed by atoms with E-state index < -0.39 is 0 Å². The van der Waals surface area contributed by atoms with Gasteiger partial charge in [0, 0.05) is 36.8 Å². The maximum Gasteiger partial charge on any atom is 0.145 e. The lowest BCUT2D eigenvalue weighted by molar-refractivity contribution is 0.438. The Morgan fingerprint density at radius 3 is 1.04 bits per heavy atom. The van der Waals surface area contributed by atoms with Crippen LogP contribution in [0.2, 0.25) is 0 Å². The zero-order valence-electron chi connectivity index (χ0n) is 14.2. The van der Waals surface area contributed by atoms with Gasteiger partial charge >= 0.3 is 0 Å². The Bertz CT molecular complexity index is 852. The maximum absolute atomic E-state index is 5.88. The molecule has 0 aliphatic heterocycles. The molecule has 0 atom stereocenters. The van der Waals surface area contributed by atoms with Gasteiger partial charge in [0.2, 0.25) is 0 Å². The lowest BCUT2D eigenvalue weighted by atomic mass is 10.3. The summed E-state index contributed by atoms with van der Waals surface area (Å²) < 4.78 is 17.6. The van der Waals surface area contributed by atoms with Crippen molar-refractivity contribution in [1.29, 1.82) is 0 Å². The molecule has 4 rings (SSSR count). The Morgan fingerprint density at radius 2 is 0.778 bits per heavy atom. The standard InChI is InChI=1S/C21H15N3O3/c1-4-16(13-22-7-1)25-19-10-20(26-17-5-2-8-23-14-17)12-21(11-19)27-18-6-3-9-24-15-18/h1-15H. The number of ether oxygens (including phenoxy) is 3. The van der Waals surface area contributed by atoms with E-state index in [9.17, 15) is 0 Å². The van der Waals surface area contributed by atoms with Crippen LogP contribution in [0, 0.1) is 0 Å². The third-order valence-corrected chi connectivity index (χ3v) is 3.46. The second-order valence-corrected chi connectivity index (χ2v) is 5.51. The van der Waals surface area contributed by atoms with Crippen LogP contribution in [0.4, 0.5) is 0 Å². The van der Waals surface area contributed by atoms with Crippen LogP contribution in [0.3, 0.4) is 0 Å².